The van der Waals surface area contributed by atoms with Crippen molar-refractivity contribution in [2.24, 2.45) is 0 Å². The van der Waals surface area contributed by atoms with E-state index in [4.69, 9.17) is 0 Å². The summed E-state index contributed by atoms with van der Waals surface area (Å²) in [6, 6.07) is 0. The second-order valence-corrected chi connectivity index (χ2v) is 5.48. The molecule has 1 nitrogen and oxygen atoms in total. The minimum absolute atomic E-state index is 1.36. The van der Waals surface area contributed by atoms with Gasteiger partial charge in [0.25, 0.3) is 0 Å². The average molecular weight is 260 g/mol. The molecule has 0 bridgehead atoms. The molecule has 0 aromatic heterocycles. The van der Waals surface area contributed by atoms with Crippen molar-refractivity contribution in [2.75, 3.05) is 21.1 Å². The molecule has 0 fully saturated rings. The van der Waals surface area contributed by atoms with Crippen LogP contribution in [0.4, 0.5) is 0 Å². The van der Waals surface area contributed by atoms with Crippen LogP contribution in [0.2, 0.25) is 0 Å². The topological polar surface area (TPSA) is 3.24 Å². The Morgan fingerprint density at radius 1 is 1.27 bits per heavy atom. The third-order valence-corrected chi connectivity index (χ3v) is 2.82. The predicted octanol–water partition coefficient (Wildman–Crippen LogP) is 1.52. The molecule has 0 saturated heterocycles. The Balaban J connectivity index is 0.000000218. The molecular formula is C9H19NSn. The van der Waals surface area contributed by atoms with Crippen molar-refractivity contribution in [3.8, 4) is 0 Å². The number of hydrogen-bond donors (Lipinski definition) is 0. The number of hydrogen-bond acceptors (Lipinski definition) is 1. The fourth-order valence-corrected chi connectivity index (χ4v) is 1.92. The van der Waals surface area contributed by atoms with Crippen molar-refractivity contribution >= 4 is 22.5 Å². The number of allylic oxidation sites excluding steroid dienone is 2. The Bertz CT molecular complexity index is 116. The summed E-state index contributed by atoms with van der Waals surface area (Å²) >= 11 is 1.37. The summed E-state index contributed by atoms with van der Waals surface area (Å²) in [4.78, 5) is 2.00. The van der Waals surface area contributed by atoms with E-state index >= 15 is 0 Å². The van der Waals surface area contributed by atoms with Crippen LogP contribution < -0.4 is 0 Å². The number of nitrogens with zero attached hydrogens (tertiary/aromatic N) is 1. The third kappa shape index (κ3) is 10.5. The summed E-state index contributed by atoms with van der Waals surface area (Å²) in [5.41, 5.74) is 0. The monoisotopic (exact) mass is 261 g/mol. The molecule has 0 unspecified atom stereocenters. The van der Waals surface area contributed by atoms with Crippen molar-refractivity contribution in [3.05, 3.63) is 9.67 Å². The van der Waals surface area contributed by atoms with Crippen LogP contribution in [0.3, 0.4) is 0 Å². The zero-order valence-corrected chi connectivity index (χ0v) is 11.2. The van der Waals surface area contributed by atoms with Crippen LogP contribution in [0.25, 0.3) is 0 Å². The Morgan fingerprint density at radius 3 is 2.00 bits per heavy atom. The van der Waals surface area contributed by atoms with Gasteiger partial charge in [-0.2, -0.15) is 0 Å². The molecular weight excluding hydrogens is 241 g/mol. The molecule has 2 radical (unpaired) electrons. The van der Waals surface area contributed by atoms with Gasteiger partial charge in [0.2, 0.25) is 0 Å². The zero-order chi connectivity index (χ0) is 8.69. The second kappa shape index (κ2) is 7.16. The van der Waals surface area contributed by atoms with Crippen molar-refractivity contribution in [3.63, 3.8) is 0 Å². The van der Waals surface area contributed by atoms with Gasteiger partial charge >= 0.3 is 57.9 Å². The van der Waals surface area contributed by atoms with E-state index < -0.39 is 0 Å². The van der Waals surface area contributed by atoms with E-state index in [1.165, 1.54) is 48.2 Å². The predicted molar refractivity (Wildman–Crippen MR) is 53.3 cm³/mol. The van der Waals surface area contributed by atoms with Crippen molar-refractivity contribution in [1.29, 1.82) is 0 Å². The van der Waals surface area contributed by atoms with Crippen LogP contribution in [0, 0.1) is 0 Å². The van der Waals surface area contributed by atoms with Gasteiger partial charge in [-0.15, -0.1) is 0 Å². The summed E-state index contributed by atoms with van der Waals surface area (Å²) in [6.45, 7) is 0. The molecule has 64 valence electrons. The van der Waals surface area contributed by atoms with E-state index in [1.54, 1.807) is 3.59 Å². The summed E-state index contributed by atoms with van der Waals surface area (Å²) < 4.78 is 1.72. The van der Waals surface area contributed by atoms with Crippen LogP contribution in [0.5, 0.6) is 0 Å². The van der Waals surface area contributed by atoms with Crippen molar-refractivity contribution < 1.29 is 0 Å². The van der Waals surface area contributed by atoms with Gasteiger partial charge in [0.05, 0.1) is 0 Å². The minimum atomic E-state index is 1.36. The Hall–Kier alpha value is 0.499. The van der Waals surface area contributed by atoms with Crippen LogP contribution in [-0.2, 0) is 0 Å². The molecule has 1 rings (SSSR count). The first-order chi connectivity index (χ1) is 5.13. The zero-order valence-electron chi connectivity index (χ0n) is 7.93. The molecule has 0 atom stereocenters. The van der Waals surface area contributed by atoms with Crippen LogP contribution in [0.15, 0.2) is 9.67 Å². The molecule has 0 spiro atoms. The maximum atomic E-state index is 2.41. The molecule has 0 aliphatic heterocycles. The molecule has 0 aromatic rings. The summed E-state index contributed by atoms with van der Waals surface area (Å²) in [5, 5.41) is 0. The van der Waals surface area contributed by atoms with Gasteiger partial charge in [0, 0.05) is 0 Å². The Labute approximate surface area is 83.9 Å². The van der Waals surface area contributed by atoms with Gasteiger partial charge in [0.1, 0.15) is 0 Å². The summed E-state index contributed by atoms with van der Waals surface area (Å²) in [6.07, 6.45) is 8.06. The van der Waals surface area contributed by atoms with Crippen LogP contribution >= 0.6 is 0 Å². The van der Waals surface area contributed by atoms with E-state index in [2.05, 4.69) is 6.08 Å². The molecule has 1 aliphatic carbocycles. The number of rotatable bonds is 0. The van der Waals surface area contributed by atoms with E-state index in [9.17, 15) is 0 Å². The van der Waals surface area contributed by atoms with E-state index in [0.29, 0.717) is 0 Å². The molecule has 1 aliphatic rings. The third-order valence-electron chi connectivity index (χ3n) is 1.33. The molecule has 11 heavy (non-hydrogen) atoms. The molecule has 0 aromatic carbocycles. The fourth-order valence-electron chi connectivity index (χ4n) is 0.863. The molecule has 0 amide bonds. The van der Waals surface area contributed by atoms with Crippen LogP contribution in [-0.4, -0.2) is 48.6 Å². The van der Waals surface area contributed by atoms with Gasteiger partial charge in [-0.1, -0.05) is 0 Å². The second-order valence-electron chi connectivity index (χ2n) is 3.37. The van der Waals surface area contributed by atoms with Gasteiger partial charge in [0.15, 0.2) is 0 Å². The fraction of sp³-hybridized carbons (Fsp3) is 0.778. The van der Waals surface area contributed by atoms with E-state index in [1.807, 2.05) is 26.0 Å². The average Bonchev–Trinajstić information content (AvgIpc) is 1.87. The van der Waals surface area contributed by atoms with Gasteiger partial charge in [-0.25, -0.2) is 0 Å². The first-order valence-electron chi connectivity index (χ1n) is 4.18. The van der Waals surface area contributed by atoms with Gasteiger partial charge in [-0.05, 0) is 21.1 Å². The first kappa shape index (κ1) is 11.5. The van der Waals surface area contributed by atoms with Crippen molar-refractivity contribution in [2.45, 2.75) is 25.7 Å². The van der Waals surface area contributed by atoms with E-state index in [0.717, 1.165) is 0 Å². The van der Waals surface area contributed by atoms with E-state index in [-0.39, 0.29) is 0 Å². The summed E-state index contributed by atoms with van der Waals surface area (Å²) in [7, 11) is 6.00. The first-order valence-corrected chi connectivity index (χ1v) is 5.83. The quantitative estimate of drug-likeness (QED) is 0.597. The standard InChI is InChI=1S/C6H9.C3H9N.Sn.H/c1-2-4-6-5-3-1;1-4(2)3;;/h1H,2,4-6H2;1-3H3;;. The molecule has 0 saturated carbocycles. The van der Waals surface area contributed by atoms with Gasteiger partial charge in [-0.3, -0.25) is 0 Å². The molecule has 0 heterocycles. The van der Waals surface area contributed by atoms with Crippen LogP contribution in [0.1, 0.15) is 25.7 Å². The maximum absolute atomic E-state index is 2.41. The molecule has 0 N–H and O–H groups in total. The SMILES string of the molecule is CN(C)C.[SnH][C]1=CCCCC1. The Morgan fingerprint density at radius 2 is 1.82 bits per heavy atom. The Kier molecular flexibility index (Phi) is 7.49. The summed E-state index contributed by atoms with van der Waals surface area (Å²) in [5.74, 6) is 0. The normalized spacial score (nSPS) is 17.0. The van der Waals surface area contributed by atoms with Gasteiger partial charge < -0.3 is 4.90 Å². The van der Waals surface area contributed by atoms with Crippen molar-refractivity contribution in [1.82, 2.24) is 4.90 Å². The molecule has 2 heteroatoms.